The van der Waals surface area contributed by atoms with Crippen molar-refractivity contribution in [3.63, 3.8) is 0 Å². The van der Waals surface area contributed by atoms with Crippen molar-refractivity contribution >= 4 is 68.8 Å². The van der Waals surface area contributed by atoms with Crippen LogP contribution in [0.5, 0.6) is 0 Å². The molecule has 394 valence electrons. The Kier molecular flexibility index (Phi) is 19.8. The van der Waals surface area contributed by atoms with E-state index in [2.05, 4.69) is 20.4 Å². The van der Waals surface area contributed by atoms with Crippen LogP contribution in [0.15, 0.2) is 58.1 Å². The summed E-state index contributed by atoms with van der Waals surface area (Å²) in [5.41, 5.74) is -0.157. The quantitative estimate of drug-likeness (QED) is 0.0949. The van der Waals surface area contributed by atoms with Crippen molar-refractivity contribution in [1.82, 2.24) is 29.6 Å². The van der Waals surface area contributed by atoms with Gasteiger partial charge in [0.05, 0.1) is 22.2 Å². The maximum Gasteiger partial charge on any atom is 0.414 e. The zero-order valence-corrected chi connectivity index (χ0v) is 43.2. The van der Waals surface area contributed by atoms with Gasteiger partial charge in [0, 0.05) is 111 Å². The molecule has 4 aromatic rings. The van der Waals surface area contributed by atoms with Crippen LogP contribution in [0.4, 0.5) is 0 Å². The maximum atomic E-state index is 13.1. The average Bonchev–Trinajstić information content (AvgIpc) is 3.33. The van der Waals surface area contributed by atoms with E-state index in [0.29, 0.717) is 111 Å². The van der Waals surface area contributed by atoms with Crippen LogP contribution in [0.25, 0.3) is 21.8 Å². The third kappa shape index (κ3) is 14.6. The van der Waals surface area contributed by atoms with Crippen molar-refractivity contribution < 1.29 is 49.1 Å². The Morgan fingerprint density at radius 3 is 1.25 bits per heavy atom. The molecule has 4 aliphatic rings. The zero-order chi connectivity index (χ0) is 52.3. The van der Waals surface area contributed by atoms with E-state index in [4.69, 9.17) is 52.5 Å². The first-order valence-electron chi connectivity index (χ1n) is 24.9. The highest BCUT2D eigenvalue weighted by molar-refractivity contribution is 6.36. The summed E-state index contributed by atoms with van der Waals surface area (Å²) in [5, 5.41) is 44.7. The lowest BCUT2D eigenvalue weighted by atomic mass is 9.91. The highest BCUT2D eigenvalue weighted by Crippen LogP contribution is 2.29. The van der Waals surface area contributed by atoms with Crippen LogP contribution >= 0.6 is 23.2 Å². The molecule has 0 atom stereocenters. The van der Waals surface area contributed by atoms with E-state index < -0.39 is 23.1 Å². The smallest absolute Gasteiger partial charge is 0.414 e. The standard InChI is InChI=1S/2C25H34ClN3O4.C2H2O4/c2*1-17(2)29-22-5-3-4-21(26)19(22)14-20(24(29)31)23(30)27-15-18-6-10-28(11-7-18)16-25(32)8-12-33-13-9-25;3-1(4)2(5)6/h2*3-5,14,17-18,32H,6-13,15-16H2,1-2H3,(H,27,30);(H,3,4)(H,5,6). The van der Waals surface area contributed by atoms with Crippen molar-refractivity contribution in [2.45, 2.75) is 102 Å². The number of β-amino-alcohol motifs (C(OH)–C–C–N with tert-alkyl or cyclic N) is 2. The molecule has 2 aromatic heterocycles. The monoisotopic (exact) mass is 1040 g/mol. The molecular weight excluding hydrogens is 972 g/mol. The summed E-state index contributed by atoms with van der Waals surface area (Å²) in [6, 6.07) is 13.9. The first-order valence-corrected chi connectivity index (χ1v) is 25.7. The molecule has 0 radical (unpaired) electrons. The van der Waals surface area contributed by atoms with Gasteiger partial charge in [-0.05, 0) is 128 Å². The van der Waals surface area contributed by atoms with E-state index in [1.165, 1.54) is 0 Å². The predicted octanol–water partition coefficient (Wildman–Crippen LogP) is 5.59. The molecule has 0 aliphatic carbocycles. The third-order valence-corrected chi connectivity index (χ3v) is 14.8. The van der Waals surface area contributed by atoms with Crippen LogP contribution in [0.2, 0.25) is 10.0 Å². The number of nitrogens with zero attached hydrogens (tertiary/aromatic N) is 4. The average molecular weight is 1040 g/mol. The summed E-state index contributed by atoms with van der Waals surface area (Å²) in [5.74, 6) is -3.65. The number of halogens is 2. The SMILES string of the molecule is CC(C)n1c(=O)c(C(=O)NCC2CCN(CC3(O)CCOCC3)CC2)cc2c(Cl)cccc21.CC(C)n1c(=O)c(C(=O)NCC2CCN(CC3(O)CCOCC3)CC2)cc2c(Cl)cccc21.O=C(O)C(=O)O. The Morgan fingerprint density at radius 1 is 0.611 bits per heavy atom. The van der Waals surface area contributed by atoms with Crippen LogP contribution in [-0.2, 0) is 19.1 Å². The number of hydrogen-bond acceptors (Lipinski definition) is 12. The molecule has 8 rings (SSSR count). The number of nitrogens with one attached hydrogen (secondary N) is 2. The minimum absolute atomic E-state index is 0.0962. The number of carbonyl (C=O) groups is 4. The number of aliphatic carboxylic acids is 2. The Balaban J connectivity index is 0.000000211. The molecule has 6 N–H and O–H groups in total. The number of benzene rings is 2. The van der Waals surface area contributed by atoms with Crippen molar-refractivity contribution in [2.24, 2.45) is 11.8 Å². The van der Waals surface area contributed by atoms with E-state index in [1.807, 2.05) is 52.0 Å². The van der Waals surface area contributed by atoms with Gasteiger partial charge in [-0.15, -0.1) is 0 Å². The van der Waals surface area contributed by atoms with E-state index in [9.17, 15) is 29.4 Å². The summed E-state index contributed by atoms with van der Waals surface area (Å²) in [4.78, 5) is 75.0. The number of pyridine rings is 2. The van der Waals surface area contributed by atoms with Crippen molar-refractivity contribution in [3.8, 4) is 0 Å². The molecule has 0 spiro atoms. The van der Waals surface area contributed by atoms with Gasteiger partial charge in [-0.1, -0.05) is 35.3 Å². The number of hydrogen-bond donors (Lipinski definition) is 6. The van der Waals surface area contributed by atoms with Gasteiger partial charge in [-0.25, -0.2) is 9.59 Å². The van der Waals surface area contributed by atoms with Crippen LogP contribution in [-0.4, -0.2) is 153 Å². The van der Waals surface area contributed by atoms with Crippen LogP contribution in [0, 0.1) is 11.8 Å². The first-order chi connectivity index (χ1) is 34.2. The van der Waals surface area contributed by atoms with E-state index in [0.717, 1.165) is 62.9 Å². The minimum atomic E-state index is -1.82. The van der Waals surface area contributed by atoms with Gasteiger partial charge in [-0.2, -0.15) is 0 Å². The summed E-state index contributed by atoms with van der Waals surface area (Å²) in [7, 11) is 0. The number of piperidine rings is 2. The third-order valence-electron chi connectivity index (χ3n) is 14.2. The molecule has 2 aromatic carbocycles. The van der Waals surface area contributed by atoms with Gasteiger partial charge in [0.2, 0.25) is 0 Å². The minimum Gasteiger partial charge on any atom is -0.473 e. The van der Waals surface area contributed by atoms with Crippen LogP contribution < -0.4 is 21.8 Å². The highest BCUT2D eigenvalue weighted by atomic mass is 35.5. The van der Waals surface area contributed by atoms with Gasteiger partial charge in [0.1, 0.15) is 11.1 Å². The Hall–Kier alpha value is -4.92. The number of carboxylic acids is 2. The zero-order valence-electron chi connectivity index (χ0n) is 41.7. The van der Waals surface area contributed by atoms with Crippen molar-refractivity contribution in [1.29, 1.82) is 0 Å². The topological polar surface area (TPSA) is 242 Å². The molecule has 0 saturated carbocycles. The lowest BCUT2D eigenvalue weighted by Gasteiger charge is -2.39. The Labute approximate surface area is 429 Å². The lowest BCUT2D eigenvalue weighted by Crippen LogP contribution is -2.49. The first kappa shape index (κ1) is 56.4. The fourth-order valence-electron chi connectivity index (χ4n) is 10.0. The fourth-order valence-corrected chi connectivity index (χ4v) is 10.5. The van der Waals surface area contributed by atoms with Crippen molar-refractivity contribution in [3.05, 3.63) is 90.4 Å². The molecule has 20 heteroatoms. The maximum absolute atomic E-state index is 13.1. The summed E-state index contributed by atoms with van der Waals surface area (Å²) in [6.07, 6.45) is 6.55. The summed E-state index contributed by atoms with van der Waals surface area (Å²) >= 11 is 12.8. The molecule has 0 bridgehead atoms. The number of ether oxygens (including phenoxy) is 2. The van der Waals surface area contributed by atoms with Gasteiger partial charge < -0.3 is 59.5 Å². The second-order valence-corrected chi connectivity index (χ2v) is 21.0. The molecular formula is C52H70Cl2N6O12. The highest BCUT2D eigenvalue weighted by Gasteiger charge is 2.35. The summed E-state index contributed by atoms with van der Waals surface area (Å²) in [6.45, 7) is 16.2. The van der Waals surface area contributed by atoms with E-state index in [-0.39, 0.29) is 46.1 Å². The molecule has 18 nitrogen and oxygen atoms in total. The molecule has 2 amide bonds. The van der Waals surface area contributed by atoms with Gasteiger partial charge >= 0.3 is 11.9 Å². The largest absolute Gasteiger partial charge is 0.473 e. The van der Waals surface area contributed by atoms with Crippen LogP contribution in [0.1, 0.15) is 112 Å². The van der Waals surface area contributed by atoms with Gasteiger partial charge in [-0.3, -0.25) is 19.2 Å². The number of aliphatic hydroxyl groups is 2. The predicted molar refractivity (Wildman–Crippen MR) is 275 cm³/mol. The molecule has 4 aliphatic heterocycles. The summed E-state index contributed by atoms with van der Waals surface area (Å²) < 4.78 is 14.0. The van der Waals surface area contributed by atoms with Gasteiger partial charge in [0.15, 0.2) is 0 Å². The number of rotatable bonds is 12. The molecule has 4 fully saturated rings. The Bertz CT molecular complexity index is 2480. The van der Waals surface area contributed by atoms with Crippen molar-refractivity contribution in [2.75, 3.05) is 78.8 Å². The number of likely N-dealkylation sites (tertiary alicyclic amines) is 2. The molecule has 4 saturated heterocycles. The van der Waals surface area contributed by atoms with Crippen LogP contribution in [0.3, 0.4) is 0 Å². The molecule has 6 heterocycles. The molecule has 72 heavy (non-hydrogen) atoms. The number of carboxylic acid groups (broad SMARTS) is 2. The second-order valence-electron chi connectivity index (χ2n) is 20.1. The molecule has 0 unspecified atom stereocenters. The second kappa shape index (κ2) is 25.3. The number of fused-ring (bicyclic) bond motifs is 2. The Morgan fingerprint density at radius 2 is 0.944 bits per heavy atom. The van der Waals surface area contributed by atoms with Gasteiger partial charge in [0.25, 0.3) is 22.9 Å². The number of amides is 2. The lowest BCUT2D eigenvalue weighted by molar-refractivity contribution is -0.159. The normalized spacial score (nSPS) is 18.8. The number of carbonyl (C=O) groups excluding carboxylic acids is 2. The number of aromatic nitrogens is 2. The van der Waals surface area contributed by atoms with E-state index >= 15 is 0 Å². The fraction of sp³-hybridized carbons (Fsp3) is 0.577. The van der Waals surface area contributed by atoms with E-state index in [1.54, 1.807) is 33.4 Å².